The van der Waals surface area contributed by atoms with Crippen molar-refractivity contribution >= 4 is 5.91 Å². The summed E-state index contributed by atoms with van der Waals surface area (Å²) in [7, 11) is 1.75. The van der Waals surface area contributed by atoms with Gasteiger partial charge in [0.25, 0.3) is 5.91 Å². The summed E-state index contributed by atoms with van der Waals surface area (Å²) in [5, 5.41) is 8.82. The molecule has 1 amide bonds. The Morgan fingerprint density at radius 2 is 2.32 bits per heavy atom. The van der Waals surface area contributed by atoms with Gasteiger partial charge in [-0.25, -0.2) is 0 Å². The van der Waals surface area contributed by atoms with Crippen LogP contribution in [0.1, 0.15) is 28.8 Å². The van der Waals surface area contributed by atoms with E-state index in [1.807, 2.05) is 6.07 Å². The first-order chi connectivity index (χ1) is 9.20. The second kappa shape index (κ2) is 6.35. The van der Waals surface area contributed by atoms with E-state index in [0.29, 0.717) is 24.3 Å². The number of carbonyl (C=O) groups is 1. The summed E-state index contributed by atoms with van der Waals surface area (Å²) >= 11 is 0. The molecule has 0 heterocycles. The molecule has 0 spiro atoms. The number of hydrogen-bond donors (Lipinski definition) is 0. The molecule has 19 heavy (non-hydrogen) atoms. The van der Waals surface area contributed by atoms with Gasteiger partial charge in [0.05, 0.1) is 18.2 Å². The molecule has 1 aliphatic carbocycles. The maximum atomic E-state index is 12.1. The number of ether oxygens (including phenoxy) is 1. The highest BCUT2D eigenvalue weighted by Crippen LogP contribution is 2.28. The summed E-state index contributed by atoms with van der Waals surface area (Å²) in [5.41, 5.74) is 1.05. The molecule has 0 bridgehead atoms. The maximum absolute atomic E-state index is 12.1. The van der Waals surface area contributed by atoms with Crippen LogP contribution in [0.2, 0.25) is 0 Å². The smallest absolute Gasteiger partial charge is 0.253 e. The Balaban J connectivity index is 1.81. The molecule has 0 unspecified atom stereocenters. The average molecular weight is 258 g/mol. The quantitative estimate of drug-likeness (QED) is 0.734. The van der Waals surface area contributed by atoms with Gasteiger partial charge in [0.1, 0.15) is 0 Å². The lowest BCUT2D eigenvalue weighted by Gasteiger charge is -2.17. The third kappa shape index (κ3) is 4.08. The fourth-order valence-corrected chi connectivity index (χ4v) is 1.78. The van der Waals surface area contributed by atoms with Crippen molar-refractivity contribution in [3.05, 3.63) is 35.4 Å². The molecule has 0 N–H and O–H groups in total. The predicted molar refractivity (Wildman–Crippen MR) is 71.7 cm³/mol. The van der Waals surface area contributed by atoms with Crippen LogP contribution in [0.3, 0.4) is 0 Å². The Morgan fingerprint density at radius 3 is 3.00 bits per heavy atom. The van der Waals surface area contributed by atoms with Crippen LogP contribution in [0.25, 0.3) is 0 Å². The average Bonchev–Trinajstić information content (AvgIpc) is 3.26. The Bertz CT molecular complexity index is 489. The molecule has 100 valence electrons. The van der Waals surface area contributed by atoms with E-state index in [-0.39, 0.29) is 5.91 Å². The van der Waals surface area contributed by atoms with Crippen molar-refractivity contribution in [2.24, 2.45) is 5.92 Å². The first-order valence-corrected chi connectivity index (χ1v) is 6.54. The summed E-state index contributed by atoms with van der Waals surface area (Å²) in [6.07, 6.45) is 2.55. The third-order valence-corrected chi connectivity index (χ3v) is 3.21. The van der Waals surface area contributed by atoms with Gasteiger partial charge in [0.2, 0.25) is 0 Å². The number of carbonyl (C=O) groups excluding carboxylic acids is 1. The van der Waals surface area contributed by atoms with Gasteiger partial charge >= 0.3 is 0 Å². The molecule has 1 aromatic rings. The van der Waals surface area contributed by atoms with Gasteiger partial charge in [-0.05, 0) is 37.0 Å². The second-order valence-corrected chi connectivity index (χ2v) is 4.94. The van der Waals surface area contributed by atoms with Crippen LogP contribution in [-0.4, -0.2) is 37.6 Å². The van der Waals surface area contributed by atoms with E-state index >= 15 is 0 Å². The highest BCUT2D eigenvalue weighted by atomic mass is 16.5. The van der Waals surface area contributed by atoms with E-state index in [1.165, 1.54) is 12.8 Å². The second-order valence-electron chi connectivity index (χ2n) is 4.94. The van der Waals surface area contributed by atoms with Crippen molar-refractivity contribution in [1.82, 2.24) is 4.90 Å². The van der Waals surface area contributed by atoms with Gasteiger partial charge in [-0.3, -0.25) is 4.79 Å². The zero-order valence-corrected chi connectivity index (χ0v) is 11.1. The molecule has 4 heteroatoms. The number of rotatable bonds is 6. The Kier molecular flexibility index (Phi) is 4.53. The van der Waals surface area contributed by atoms with Gasteiger partial charge in [-0.1, -0.05) is 6.07 Å². The molecule has 2 rings (SSSR count). The molecule has 0 aromatic heterocycles. The standard InChI is InChI=1S/C15H18N2O2/c1-17(7-8-19-11-12-5-6-12)15(18)14-4-2-3-13(9-14)10-16/h2-4,9,12H,5-8,11H2,1H3. The van der Waals surface area contributed by atoms with E-state index in [4.69, 9.17) is 10.00 Å². The molecule has 0 saturated heterocycles. The number of hydrogen-bond acceptors (Lipinski definition) is 3. The number of nitrogens with zero attached hydrogens (tertiary/aromatic N) is 2. The highest BCUT2D eigenvalue weighted by molar-refractivity contribution is 5.94. The van der Waals surface area contributed by atoms with Crippen molar-refractivity contribution in [3.63, 3.8) is 0 Å². The summed E-state index contributed by atoms with van der Waals surface area (Å²) in [6.45, 7) is 1.95. The minimum atomic E-state index is -0.0767. The minimum Gasteiger partial charge on any atom is -0.379 e. The molecular formula is C15H18N2O2. The van der Waals surface area contributed by atoms with Crippen LogP contribution in [0.4, 0.5) is 0 Å². The molecule has 0 aliphatic heterocycles. The van der Waals surface area contributed by atoms with E-state index in [2.05, 4.69) is 0 Å². The molecular weight excluding hydrogens is 240 g/mol. The lowest BCUT2D eigenvalue weighted by atomic mass is 10.1. The molecule has 0 atom stereocenters. The van der Waals surface area contributed by atoms with Gasteiger partial charge in [0.15, 0.2) is 0 Å². The number of amides is 1. The number of nitriles is 1. The van der Waals surface area contributed by atoms with E-state index in [1.54, 1.807) is 36.2 Å². The first-order valence-electron chi connectivity index (χ1n) is 6.54. The molecule has 1 fully saturated rings. The monoisotopic (exact) mass is 258 g/mol. The maximum Gasteiger partial charge on any atom is 0.253 e. The molecule has 4 nitrogen and oxygen atoms in total. The lowest BCUT2D eigenvalue weighted by molar-refractivity contribution is 0.0681. The highest BCUT2D eigenvalue weighted by Gasteiger charge is 2.21. The van der Waals surface area contributed by atoms with Crippen molar-refractivity contribution in [3.8, 4) is 6.07 Å². The van der Waals surface area contributed by atoms with Gasteiger partial charge in [0, 0.05) is 25.8 Å². The number of likely N-dealkylation sites (N-methyl/N-ethyl adjacent to an activating group) is 1. The molecule has 1 aromatic carbocycles. The Hall–Kier alpha value is -1.86. The van der Waals surface area contributed by atoms with Crippen molar-refractivity contribution < 1.29 is 9.53 Å². The van der Waals surface area contributed by atoms with Crippen molar-refractivity contribution in [2.45, 2.75) is 12.8 Å². The fourth-order valence-electron chi connectivity index (χ4n) is 1.78. The van der Waals surface area contributed by atoms with Crippen molar-refractivity contribution in [1.29, 1.82) is 5.26 Å². The normalized spacial score (nSPS) is 13.9. The van der Waals surface area contributed by atoms with Crippen molar-refractivity contribution in [2.75, 3.05) is 26.8 Å². The topological polar surface area (TPSA) is 53.3 Å². The number of benzene rings is 1. The van der Waals surface area contributed by atoms with E-state index in [9.17, 15) is 4.79 Å². The van der Waals surface area contributed by atoms with E-state index in [0.717, 1.165) is 12.5 Å². The summed E-state index contributed by atoms with van der Waals surface area (Å²) in [6, 6.07) is 8.79. The van der Waals surface area contributed by atoms with E-state index < -0.39 is 0 Å². The minimum absolute atomic E-state index is 0.0767. The van der Waals surface area contributed by atoms with Gasteiger partial charge in [-0.15, -0.1) is 0 Å². The largest absolute Gasteiger partial charge is 0.379 e. The third-order valence-electron chi connectivity index (χ3n) is 3.21. The van der Waals surface area contributed by atoms with Gasteiger partial charge in [-0.2, -0.15) is 5.26 Å². The van der Waals surface area contributed by atoms with Crippen LogP contribution in [0.15, 0.2) is 24.3 Å². The summed E-state index contributed by atoms with van der Waals surface area (Å²) in [4.78, 5) is 13.7. The lowest BCUT2D eigenvalue weighted by Crippen LogP contribution is -2.30. The van der Waals surface area contributed by atoms with Crippen LogP contribution in [0.5, 0.6) is 0 Å². The Morgan fingerprint density at radius 1 is 1.53 bits per heavy atom. The molecule has 0 radical (unpaired) electrons. The summed E-state index contributed by atoms with van der Waals surface area (Å²) < 4.78 is 5.51. The first kappa shape index (κ1) is 13.6. The zero-order chi connectivity index (χ0) is 13.7. The SMILES string of the molecule is CN(CCOCC1CC1)C(=O)c1cccc(C#N)c1. The van der Waals surface area contributed by atoms with Crippen LogP contribution >= 0.6 is 0 Å². The zero-order valence-electron chi connectivity index (χ0n) is 11.1. The molecule has 1 aliphatic rings. The van der Waals surface area contributed by atoms with Gasteiger partial charge < -0.3 is 9.64 Å². The predicted octanol–water partition coefficient (Wildman–Crippen LogP) is 2.06. The Labute approximate surface area is 113 Å². The van der Waals surface area contributed by atoms with Crippen LogP contribution in [0, 0.1) is 17.2 Å². The summed E-state index contributed by atoms with van der Waals surface area (Å²) in [5.74, 6) is 0.667. The van der Waals surface area contributed by atoms with Crippen LogP contribution < -0.4 is 0 Å². The van der Waals surface area contributed by atoms with Crippen LogP contribution in [-0.2, 0) is 4.74 Å². The molecule has 1 saturated carbocycles. The fraction of sp³-hybridized carbons (Fsp3) is 0.467.